The van der Waals surface area contributed by atoms with E-state index in [1.165, 1.54) is 18.4 Å². The number of aryl methyl sites for hydroxylation is 1. The molecule has 1 fully saturated rings. The molecule has 2 N–H and O–H groups in total. The van der Waals surface area contributed by atoms with Gasteiger partial charge in [0.25, 0.3) is 0 Å². The van der Waals surface area contributed by atoms with Gasteiger partial charge in [0, 0.05) is 25.3 Å². The molecule has 1 aromatic heterocycles. The summed E-state index contributed by atoms with van der Waals surface area (Å²) in [7, 11) is 0. The van der Waals surface area contributed by atoms with Crippen LogP contribution in [-0.4, -0.2) is 42.4 Å². The van der Waals surface area contributed by atoms with Crippen molar-refractivity contribution in [3.63, 3.8) is 0 Å². The van der Waals surface area contributed by atoms with Gasteiger partial charge in [-0.2, -0.15) is 0 Å². The van der Waals surface area contributed by atoms with E-state index in [2.05, 4.69) is 38.1 Å². The lowest BCUT2D eigenvalue weighted by atomic mass is 10.2. The maximum absolute atomic E-state index is 9.23. The van der Waals surface area contributed by atoms with Gasteiger partial charge in [0.2, 0.25) is 0 Å². The largest absolute Gasteiger partial charge is 0.395 e. The molecule has 0 amide bonds. The second kappa shape index (κ2) is 6.50. The van der Waals surface area contributed by atoms with E-state index in [0.717, 1.165) is 23.4 Å². The quantitative estimate of drug-likeness (QED) is 0.869. The van der Waals surface area contributed by atoms with E-state index >= 15 is 0 Å². The predicted molar refractivity (Wildman–Crippen MR) is 77.0 cm³/mol. The summed E-state index contributed by atoms with van der Waals surface area (Å²) in [5.41, 5.74) is 1.17. The SMILES string of the molecule is Cc1ccnc(N(CCO)CC2CCCN2)c1Br. The van der Waals surface area contributed by atoms with Crippen molar-refractivity contribution in [2.24, 2.45) is 0 Å². The Balaban J connectivity index is 2.14. The summed E-state index contributed by atoms with van der Waals surface area (Å²) in [4.78, 5) is 6.59. The molecule has 2 rings (SSSR count). The summed E-state index contributed by atoms with van der Waals surface area (Å²) in [6.07, 6.45) is 4.26. The highest BCUT2D eigenvalue weighted by Gasteiger charge is 2.20. The number of nitrogens with one attached hydrogen (secondary N) is 1. The number of anilines is 1. The average Bonchev–Trinajstić information content (AvgIpc) is 2.85. The molecule has 1 unspecified atom stereocenters. The van der Waals surface area contributed by atoms with E-state index in [9.17, 15) is 5.11 Å². The standard InChI is InChI=1S/C13H20BrN3O/c1-10-4-6-16-13(12(10)14)17(7-8-18)9-11-3-2-5-15-11/h4,6,11,15,18H,2-3,5,7-9H2,1H3. The van der Waals surface area contributed by atoms with Crippen LogP contribution in [0.2, 0.25) is 0 Å². The molecule has 0 bridgehead atoms. The van der Waals surface area contributed by atoms with Gasteiger partial charge in [-0.1, -0.05) is 0 Å². The van der Waals surface area contributed by atoms with E-state index in [-0.39, 0.29) is 6.61 Å². The van der Waals surface area contributed by atoms with E-state index < -0.39 is 0 Å². The fourth-order valence-electron chi connectivity index (χ4n) is 2.33. The normalized spacial score (nSPS) is 19.2. The molecule has 1 aliphatic heterocycles. The molecule has 0 radical (unpaired) electrons. The number of aliphatic hydroxyl groups excluding tert-OH is 1. The fraction of sp³-hybridized carbons (Fsp3) is 0.615. The Labute approximate surface area is 117 Å². The Hall–Kier alpha value is -0.650. The van der Waals surface area contributed by atoms with Crippen molar-refractivity contribution in [2.45, 2.75) is 25.8 Å². The molecule has 5 heteroatoms. The van der Waals surface area contributed by atoms with Crippen molar-refractivity contribution >= 4 is 21.7 Å². The monoisotopic (exact) mass is 313 g/mol. The molecule has 0 spiro atoms. The van der Waals surface area contributed by atoms with Crippen molar-refractivity contribution < 1.29 is 5.11 Å². The Morgan fingerprint density at radius 1 is 1.61 bits per heavy atom. The number of pyridine rings is 1. The van der Waals surface area contributed by atoms with Gasteiger partial charge in [0.05, 0.1) is 11.1 Å². The van der Waals surface area contributed by atoms with Crippen LogP contribution in [0.1, 0.15) is 18.4 Å². The highest BCUT2D eigenvalue weighted by molar-refractivity contribution is 9.10. The van der Waals surface area contributed by atoms with E-state index in [1.54, 1.807) is 0 Å². The predicted octanol–water partition coefficient (Wildman–Crippen LogP) is 1.70. The first-order valence-corrected chi connectivity index (χ1v) is 7.22. The Kier molecular flexibility index (Phi) is 4.97. The lowest BCUT2D eigenvalue weighted by molar-refractivity contribution is 0.300. The molecule has 4 nitrogen and oxygen atoms in total. The zero-order valence-corrected chi connectivity index (χ0v) is 12.3. The number of hydrogen-bond acceptors (Lipinski definition) is 4. The van der Waals surface area contributed by atoms with Gasteiger partial charge in [0.1, 0.15) is 5.82 Å². The van der Waals surface area contributed by atoms with Gasteiger partial charge in [0.15, 0.2) is 0 Å². The van der Waals surface area contributed by atoms with Gasteiger partial charge in [-0.3, -0.25) is 0 Å². The summed E-state index contributed by atoms with van der Waals surface area (Å²) >= 11 is 3.59. The van der Waals surface area contributed by atoms with Gasteiger partial charge in [-0.15, -0.1) is 0 Å². The molecule has 2 heterocycles. The number of halogens is 1. The Morgan fingerprint density at radius 2 is 2.44 bits per heavy atom. The lowest BCUT2D eigenvalue weighted by Crippen LogP contribution is -2.39. The van der Waals surface area contributed by atoms with Gasteiger partial charge in [-0.25, -0.2) is 4.98 Å². The van der Waals surface area contributed by atoms with Crippen molar-refractivity contribution in [1.82, 2.24) is 10.3 Å². The van der Waals surface area contributed by atoms with Crippen molar-refractivity contribution in [1.29, 1.82) is 0 Å². The first-order valence-electron chi connectivity index (χ1n) is 6.42. The van der Waals surface area contributed by atoms with E-state index in [1.807, 2.05) is 12.3 Å². The molecule has 18 heavy (non-hydrogen) atoms. The molecule has 100 valence electrons. The topological polar surface area (TPSA) is 48.4 Å². The molecule has 1 aromatic rings. The summed E-state index contributed by atoms with van der Waals surface area (Å²) in [6, 6.07) is 2.49. The van der Waals surface area contributed by atoms with Crippen LogP contribution in [0.4, 0.5) is 5.82 Å². The summed E-state index contributed by atoms with van der Waals surface area (Å²) in [6.45, 7) is 4.82. The Morgan fingerprint density at radius 3 is 3.11 bits per heavy atom. The average molecular weight is 314 g/mol. The van der Waals surface area contributed by atoms with Crippen LogP contribution in [-0.2, 0) is 0 Å². The van der Waals surface area contributed by atoms with Crippen LogP contribution in [0.3, 0.4) is 0 Å². The second-order valence-electron chi connectivity index (χ2n) is 4.73. The minimum Gasteiger partial charge on any atom is -0.395 e. The second-order valence-corrected chi connectivity index (χ2v) is 5.52. The summed E-state index contributed by atoms with van der Waals surface area (Å²) < 4.78 is 1.02. The first kappa shape index (κ1) is 13.8. The fourth-order valence-corrected chi connectivity index (χ4v) is 2.81. The minimum atomic E-state index is 0.148. The van der Waals surface area contributed by atoms with Crippen LogP contribution in [0, 0.1) is 6.92 Å². The van der Waals surface area contributed by atoms with Crippen LogP contribution >= 0.6 is 15.9 Å². The molecule has 0 aromatic carbocycles. The third-order valence-electron chi connectivity index (χ3n) is 3.34. The smallest absolute Gasteiger partial charge is 0.143 e. The Bertz CT molecular complexity index is 394. The molecule has 1 aliphatic rings. The molecule has 0 saturated carbocycles. The van der Waals surface area contributed by atoms with Crippen molar-refractivity contribution in [2.75, 3.05) is 31.1 Å². The lowest BCUT2D eigenvalue weighted by Gasteiger charge is -2.27. The third kappa shape index (κ3) is 3.22. The molecular weight excluding hydrogens is 294 g/mol. The van der Waals surface area contributed by atoms with Crippen LogP contribution in [0.5, 0.6) is 0 Å². The van der Waals surface area contributed by atoms with Gasteiger partial charge < -0.3 is 15.3 Å². The summed E-state index contributed by atoms with van der Waals surface area (Å²) in [5.74, 6) is 0.928. The molecule has 1 atom stereocenters. The maximum Gasteiger partial charge on any atom is 0.143 e. The first-order chi connectivity index (χ1) is 8.72. The van der Waals surface area contributed by atoms with E-state index in [4.69, 9.17) is 0 Å². The zero-order chi connectivity index (χ0) is 13.0. The number of rotatable bonds is 5. The zero-order valence-electron chi connectivity index (χ0n) is 10.7. The molecule has 0 aliphatic carbocycles. The highest BCUT2D eigenvalue weighted by Crippen LogP contribution is 2.27. The number of hydrogen-bond donors (Lipinski definition) is 2. The highest BCUT2D eigenvalue weighted by atomic mass is 79.9. The van der Waals surface area contributed by atoms with Gasteiger partial charge in [-0.05, 0) is 53.9 Å². The number of aromatic nitrogens is 1. The van der Waals surface area contributed by atoms with Crippen LogP contribution in [0.15, 0.2) is 16.7 Å². The third-order valence-corrected chi connectivity index (χ3v) is 4.32. The number of aliphatic hydroxyl groups is 1. The minimum absolute atomic E-state index is 0.148. The molecular formula is C13H20BrN3O. The van der Waals surface area contributed by atoms with Gasteiger partial charge >= 0.3 is 0 Å². The van der Waals surface area contributed by atoms with E-state index in [0.29, 0.717) is 12.6 Å². The van der Waals surface area contributed by atoms with Crippen molar-refractivity contribution in [3.8, 4) is 0 Å². The van der Waals surface area contributed by atoms with Crippen molar-refractivity contribution in [3.05, 3.63) is 22.3 Å². The van der Waals surface area contributed by atoms with Crippen LogP contribution < -0.4 is 10.2 Å². The van der Waals surface area contributed by atoms with Crippen LogP contribution in [0.25, 0.3) is 0 Å². The number of nitrogens with zero attached hydrogens (tertiary/aromatic N) is 2. The molecule has 1 saturated heterocycles. The summed E-state index contributed by atoms with van der Waals surface area (Å²) in [5, 5.41) is 12.7. The maximum atomic E-state index is 9.23.